The topological polar surface area (TPSA) is 55.2 Å². The Labute approximate surface area is 113 Å². The number of halogens is 1. The van der Waals surface area contributed by atoms with Crippen molar-refractivity contribution < 1.29 is 5.11 Å². The SMILES string of the molecule is CCCCCCCCCCC(Cl)C(C)(C)O.N. The summed E-state index contributed by atoms with van der Waals surface area (Å²) in [6.07, 6.45) is 11.5. The highest BCUT2D eigenvalue weighted by atomic mass is 35.5. The number of aliphatic hydroxyl groups is 1. The van der Waals surface area contributed by atoms with Crippen LogP contribution in [0, 0.1) is 0 Å². The molecule has 0 heterocycles. The lowest BCUT2D eigenvalue weighted by molar-refractivity contribution is 0.0722. The highest BCUT2D eigenvalue weighted by Gasteiger charge is 2.23. The lowest BCUT2D eigenvalue weighted by Crippen LogP contribution is -2.31. The van der Waals surface area contributed by atoms with Gasteiger partial charge in [0.25, 0.3) is 0 Å². The van der Waals surface area contributed by atoms with Crippen molar-refractivity contribution in [3.63, 3.8) is 0 Å². The van der Waals surface area contributed by atoms with E-state index in [9.17, 15) is 5.11 Å². The second kappa shape index (κ2) is 11.3. The molecule has 0 rings (SSSR count). The van der Waals surface area contributed by atoms with Gasteiger partial charge >= 0.3 is 0 Å². The molecule has 1 unspecified atom stereocenters. The van der Waals surface area contributed by atoms with Crippen LogP contribution in [0.3, 0.4) is 0 Å². The third-order valence-electron chi connectivity index (χ3n) is 3.08. The molecule has 3 heteroatoms. The summed E-state index contributed by atoms with van der Waals surface area (Å²) in [5.74, 6) is 0. The van der Waals surface area contributed by atoms with Gasteiger partial charge < -0.3 is 11.3 Å². The first-order valence-corrected chi connectivity index (χ1v) is 7.28. The van der Waals surface area contributed by atoms with Crippen molar-refractivity contribution >= 4 is 11.6 Å². The molecular weight excluding hydrogens is 234 g/mol. The Kier molecular flexibility index (Phi) is 13.0. The van der Waals surface area contributed by atoms with Gasteiger partial charge in [0.2, 0.25) is 0 Å². The summed E-state index contributed by atoms with van der Waals surface area (Å²) in [6.45, 7) is 5.82. The van der Waals surface area contributed by atoms with Crippen LogP contribution in [-0.2, 0) is 0 Å². The number of hydrogen-bond acceptors (Lipinski definition) is 2. The maximum absolute atomic E-state index is 9.65. The molecule has 4 N–H and O–H groups in total. The number of hydrogen-bond donors (Lipinski definition) is 2. The molecule has 0 spiro atoms. The second-order valence-electron chi connectivity index (χ2n) is 5.38. The van der Waals surface area contributed by atoms with Crippen LogP contribution in [0.15, 0.2) is 0 Å². The zero-order chi connectivity index (χ0) is 12.4. The van der Waals surface area contributed by atoms with Gasteiger partial charge in [0.15, 0.2) is 0 Å². The van der Waals surface area contributed by atoms with E-state index in [4.69, 9.17) is 11.6 Å². The Morgan fingerprint density at radius 3 is 1.76 bits per heavy atom. The highest BCUT2D eigenvalue weighted by Crippen LogP contribution is 2.21. The molecule has 0 aromatic carbocycles. The largest absolute Gasteiger partial charge is 0.389 e. The predicted octanol–water partition coefficient (Wildman–Crippen LogP) is 5.06. The van der Waals surface area contributed by atoms with E-state index in [0.717, 1.165) is 12.8 Å². The maximum Gasteiger partial charge on any atom is 0.0754 e. The number of unbranched alkanes of at least 4 members (excludes halogenated alkanes) is 7. The number of rotatable bonds is 10. The lowest BCUT2D eigenvalue weighted by atomic mass is 9.99. The highest BCUT2D eigenvalue weighted by molar-refractivity contribution is 6.21. The Morgan fingerprint density at radius 1 is 0.941 bits per heavy atom. The first-order valence-electron chi connectivity index (χ1n) is 6.85. The van der Waals surface area contributed by atoms with Crippen molar-refractivity contribution in [3.8, 4) is 0 Å². The van der Waals surface area contributed by atoms with Gasteiger partial charge in [0.05, 0.1) is 11.0 Å². The summed E-state index contributed by atoms with van der Waals surface area (Å²) in [4.78, 5) is 0. The molecule has 0 aromatic heterocycles. The summed E-state index contributed by atoms with van der Waals surface area (Å²) < 4.78 is 0. The molecule has 17 heavy (non-hydrogen) atoms. The van der Waals surface area contributed by atoms with Gasteiger partial charge in [-0.3, -0.25) is 0 Å². The van der Waals surface area contributed by atoms with Gasteiger partial charge in [-0.1, -0.05) is 58.3 Å². The van der Waals surface area contributed by atoms with Crippen LogP contribution in [0.5, 0.6) is 0 Å². The van der Waals surface area contributed by atoms with Crippen LogP contribution in [0.2, 0.25) is 0 Å². The predicted molar refractivity (Wildman–Crippen MR) is 78.2 cm³/mol. The normalized spacial score (nSPS) is 13.2. The summed E-state index contributed by atoms with van der Waals surface area (Å²) in [5, 5.41) is 9.55. The third kappa shape index (κ3) is 12.5. The first-order chi connectivity index (χ1) is 7.48. The van der Waals surface area contributed by atoms with Crippen molar-refractivity contribution in [1.29, 1.82) is 0 Å². The van der Waals surface area contributed by atoms with Crippen LogP contribution in [0.4, 0.5) is 0 Å². The van der Waals surface area contributed by atoms with Crippen molar-refractivity contribution in [1.82, 2.24) is 6.15 Å². The van der Waals surface area contributed by atoms with Crippen LogP contribution in [0.25, 0.3) is 0 Å². The van der Waals surface area contributed by atoms with Crippen LogP contribution < -0.4 is 6.15 Å². The minimum atomic E-state index is -0.733. The molecule has 0 aliphatic carbocycles. The Hall–Kier alpha value is 0.210. The fraction of sp³-hybridized carbons (Fsp3) is 1.00. The van der Waals surface area contributed by atoms with E-state index in [-0.39, 0.29) is 11.5 Å². The maximum atomic E-state index is 9.65. The zero-order valence-electron chi connectivity index (χ0n) is 12.0. The van der Waals surface area contributed by atoms with Gasteiger partial charge in [-0.05, 0) is 20.3 Å². The molecular formula is C14H32ClNO. The average molecular weight is 266 g/mol. The van der Waals surface area contributed by atoms with Gasteiger partial charge in [0, 0.05) is 0 Å². The molecule has 0 aliphatic heterocycles. The summed E-state index contributed by atoms with van der Waals surface area (Å²) in [5.41, 5.74) is -0.733. The van der Waals surface area contributed by atoms with Crippen LogP contribution >= 0.6 is 11.6 Å². The summed E-state index contributed by atoms with van der Waals surface area (Å²) in [7, 11) is 0. The smallest absolute Gasteiger partial charge is 0.0754 e. The Balaban J connectivity index is 0. The van der Waals surface area contributed by atoms with E-state index in [1.807, 2.05) is 0 Å². The van der Waals surface area contributed by atoms with E-state index in [1.54, 1.807) is 13.8 Å². The number of alkyl halides is 1. The molecule has 0 fully saturated rings. The molecule has 0 aliphatic rings. The van der Waals surface area contributed by atoms with E-state index in [1.165, 1.54) is 44.9 Å². The molecule has 0 aromatic rings. The van der Waals surface area contributed by atoms with E-state index < -0.39 is 5.60 Å². The Morgan fingerprint density at radius 2 is 1.35 bits per heavy atom. The Bertz CT molecular complexity index is 157. The molecule has 0 bridgehead atoms. The second-order valence-corrected chi connectivity index (χ2v) is 5.91. The van der Waals surface area contributed by atoms with Crippen LogP contribution in [-0.4, -0.2) is 16.1 Å². The lowest BCUT2D eigenvalue weighted by Gasteiger charge is -2.23. The molecule has 0 saturated carbocycles. The molecule has 1 atom stereocenters. The summed E-state index contributed by atoms with van der Waals surface area (Å²) >= 11 is 6.09. The van der Waals surface area contributed by atoms with E-state index in [2.05, 4.69) is 6.92 Å². The quantitative estimate of drug-likeness (QED) is 0.429. The molecule has 0 radical (unpaired) electrons. The van der Waals surface area contributed by atoms with Crippen molar-refractivity contribution in [3.05, 3.63) is 0 Å². The van der Waals surface area contributed by atoms with Gasteiger partial charge in [-0.15, -0.1) is 11.6 Å². The third-order valence-corrected chi connectivity index (χ3v) is 3.83. The van der Waals surface area contributed by atoms with Crippen LogP contribution in [0.1, 0.15) is 78.6 Å². The standard InChI is InChI=1S/C14H29ClO.H3N/c1-4-5-6-7-8-9-10-11-12-13(15)14(2,3)16;/h13,16H,4-12H2,1-3H3;1H3. The molecule has 2 nitrogen and oxygen atoms in total. The van der Waals surface area contributed by atoms with Crippen molar-refractivity contribution in [2.75, 3.05) is 0 Å². The van der Waals surface area contributed by atoms with Crippen molar-refractivity contribution in [2.45, 2.75) is 89.5 Å². The van der Waals surface area contributed by atoms with E-state index >= 15 is 0 Å². The minimum Gasteiger partial charge on any atom is -0.389 e. The summed E-state index contributed by atoms with van der Waals surface area (Å²) in [6, 6.07) is 0. The molecule has 0 amide bonds. The zero-order valence-corrected chi connectivity index (χ0v) is 12.7. The minimum absolute atomic E-state index is 0. The fourth-order valence-corrected chi connectivity index (χ4v) is 1.96. The monoisotopic (exact) mass is 265 g/mol. The van der Waals surface area contributed by atoms with Gasteiger partial charge in [-0.25, -0.2) is 0 Å². The van der Waals surface area contributed by atoms with Crippen molar-refractivity contribution in [2.24, 2.45) is 0 Å². The van der Waals surface area contributed by atoms with Gasteiger partial charge in [-0.2, -0.15) is 0 Å². The molecule has 0 saturated heterocycles. The fourth-order valence-electron chi connectivity index (χ4n) is 1.81. The molecule has 106 valence electrons. The van der Waals surface area contributed by atoms with E-state index in [0.29, 0.717) is 0 Å². The van der Waals surface area contributed by atoms with Gasteiger partial charge in [0.1, 0.15) is 0 Å². The first kappa shape index (κ1) is 19.5. The average Bonchev–Trinajstić information content (AvgIpc) is 2.20.